The van der Waals surface area contributed by atoms with Gasteiger partial charge in [-0.3, -0.25) is 0 Å². The molecule has 1 saturated carbocycles. The van der Waals surface area contributed by atoms with Gasteiger partial charge in [0.25, 0.3) is 0 Å². The highest BCUT2D eigenvalue weighted by atomic mass is 35.5. The van der Waals surface area contributed by atoms with Crippen molar-refractivity contribution >= 4 is 46.5 Å². The molecule has 2 N–H and O–H groups in total. The summed E-state index contributed by atoms with van der Waals surface area (Å²) in [5, 5.41) is 8.19. The smallest absolute Gasteiger partial charge is 0.232 e. The second kappa shape index (κ2) is 10.9. The summed E-state index contributed by atoms with van der Waals surface area (Å²) in [6.07, 6.45) is 10.9. The number of thiocarbonyl (C=S) groups is 1. The molecule has 35 heavy (non-hydrogen) atoms. The van der Waals surface area contributed by atoms with Crippen molar-refractivity contribution in [3.8, 4) is 0 Å². The van der Waals surface area contributed by atoms with E-state index in [1.54, 1.807) is 0 Å². The Balaban J connectivity index is 1.32. The number of nitrogens with zero attached hydrogens (tertiary/aromatic N) is 4. The van der Waals surface area contributed by atoms with Crippen LogP contribution in [0.1, 0.15) is 70.3 Å². The van der Waals surface area contributed by atoms with Crippen molar-refractivity contribution in [2.75, 3.05) is 41.3 Å². The van der Waals surface area contributed by atoms with Gasteiger partial charge in [0.2, 0.25) is 5.95 Å². The fourth-order valence-electron chi connectivity index (χ4n) is 6.00. The summed E-state index contributed by atoms with van der Waals surface area (Å²) >= 11 is 12.1. The van der Waals surface area contributed by atoms with Crippen LogP contribution in [0.25, 0.3) is 0 Å². The third kappa shape index (κ3) is 5.67. The van der Waals surface area contributed by atoms with Gasteiger partial charge < -0.3 is 20.4 Å². The van der Waals surface area contributed by atoms with Crippen molar-refractivity contribution in [2.24, 2.45) is 0 Å². The molecule has 1 aromatic carbocycles. The molecule has 2 aromatic rings. The zero-order valence-electron chi connectivity index (χ0n) is 20.7. The zero-order valence-corrected chi connectivity index (χ0v) is 22.3. The quantitative estimate of drug-likeness (QED) is 0.467. The predicted octanol–water partition coefficient (Wildman–Crippen LogP) is 5.91. The van der Waals surface area contributed by atoms with Gasteiger partial charge in [0.15, 0.2) is 5.11 Å². The van der Waals surface area contributed by atoms with Crippen molar-refractivity contribution < 1.29 is 0 Å². The summed E-state index contributed by atoms with van der Waals surface area (Å²) < 4.78 is 0. The highest BCUT2D eigenvalue weighted by Crippen LogP contribution is 2.41. The van der Waals surface area contributed by atoms with Gasteiger partial charge >= 0.3 is 0 Å². The summed E-state index contributed by atoms with van der Waals surface area (Å²) in [4.78, 5) is 14.6. The summed E-state index contributed by atoms with van der Waals surface area (Å²) in [5.74, 6) is 2.59. The molecule has 0 amide bonds. The minimum absolute atomic E-state index is 0.0588. The van der Waals surface area contributed by atoms with Crippen LogP contribution in [-0.4, -0.2) is 47.3 Å². The van der Waals surface area contributed by atoms with Crippen molar-refractivity contribution in [1.82, 2.24) is 15.3 Å². The SMILES string of the molecule is C[C@@H]1CCCCN1c1cc(N2CCCC2)nc(NC(=S)NCC2(c3cccc(Cl)c3)CCCC2)n1. The number of halogens is 1. The van der Waals surface area contributed by atoms with Crippen molar-refractivity contribution in [3.63, 3.8) is 0 Å². The Morgan fingerprint density at radius 3 is 2.51 bits per heavy atom. The van der Waals surface area contributed by atoms with Crippen LogP contribution in [0, 0.1) is 0 Å². The van der Waals surface area contributed by atoms with Crippen LogP contribution in [0.5, 0.6) is 0 Å². The molecule has 6 nitrogen and oxygen atoms in total. The van der Waals surface area contributed by atoms with Gasteiger partial charge in [0.05, 0.1) is 0 Å². The van der Waals surface area contributed by atoms with E-state index < -0.39 is 0 Å². The first-order valence-corrected chi connectivity index (χ1v) is 14.0. The van der Waals surface area contributed by atoms with E-state index in [1.165, 1.54) is 50.5 Å². The maximum absolute atomic E-state index is 6.33. The summed E-state index contributed by atoms with van der Waals surface area (Å²) in [6.45, 7) is 6.22. The first kappa shape index (κ1) is 24.6. The maximum atomic E-state index is 6.33. The highest BCUT2D eigenvalue weighted by Gasteiger charge is 2.36. The summed E-state index contributed by atoms with van der Waals surface area (Å²) in [6, 6.07) is 11.0. The van der Waals surface area contributed by atoms with E-state index in [-0.39, 0.29) is 5.41 Å². The van der Waals surface area contributed by atoms with Gasteiger partial charge in [-0.25, -0.2) is 0 Å². The van der Waals surface area contributed by atoms with Gasteiger partial charge in [-0.1, -0.05) is 36.6 Å². The lowest BCUT2D eigenvalue weighted by Crippen LogP contribution is -2.41. The first-order valence-electron chi connectivity index (χ1n) is 13.2. The van der Waals surface area contributed by atoms with Gasteiger partial charge in [-0.15, -0.1) is 0 Å². The van der Waals surface area contributed by atoms with Crippen LogP contribution in [-0.2, 0) is 5.41 Å². The lowest BCUT2D eigenvalue weighted by Gasteiger charge is -2.35. The number of hydrogen-bond donors (Lipinski definition) is 2. The molecule has 0 unspecified atom stereocenters. The summed E-state index contributed by atoms with van der Waals surface area (Å²) in [5.41, 5.74) is 1.36. The Morgan fingerprint density at radius 2 is 1.77 bits per heavy atom. The number of rotatable bonds is 6. The number of aromatic nitrogens is 2. The van der Waals surface area contributed by atoms with Gasteiger partial charge in [-0.2, -0.15) is 9.97 Å². The van der Waals surface area contributed by atoms with Gasteiger partial charge in [-0.05, 0) is 81.8 Å². The van der Waals surface area contributed by atoms with Crippen molar-refractivity contribution in [2.45, 2.75) is 76.2 Å². The molecule has 2 saturated heterocycles. The molecule has 0 bridgehead atoms. The number of hydrogen-bond acceptors (Lipinski definition) is 5. The molecule has 3 fully saturated rings. The monoisotopic (exact) mass is 512 g/mol. The Bertz CT molecular complexity index is 1030. The molecule has 0 radical (unpaired) electrons. The van der Waals surface area contributed by atoms with E-state index in [0.29, 0.717) is 17.1 Å². The molecule has 3 heterocycles. The lowest BCUT2D eigenvalue weighted by atomic mass is 9.79. The standard InChI is InChI=1S/C27H37ClN6S/c1-20-9-2-5-16-34(20)24-18-23(33-14-6-7-15-33)30-25(31-24)32-26(35)29-19-27(12-3-4-13-27)21-10-8-11-22(28)17-21/h8,10-11,17-18,20H,2-7,9,12-16,19H2,1H3,(H2,29,30,31,32,35)/t20-/m1/s1. The first-order chi connectivity index (χ1) is 17.0. The normalized spacial score (nSPS) is 21.8. The van der Waals surface area contributed by atoms with Crippen molar-refractivity contribution in [3.05, 3.63) is 40.9 Å². The van der Waals surface area contributed by atoms with E-state index >= 15 is 0 Å². The van der Waals surface area contributed by atoms with Crippen LogP contribution >= 0.6 is 23.8 Å². The minimum Gasteiger partial charge on any atom is -0.361 e. The van der Waals surface area contributed by atoms with E-state index in [2.05, 4.69) is 51.6 Å². The van der Waals surface area contributed by atoms with Gasteiger partial charge in [0.1, 0.15) is 11.6 Å². The Morgan fingerprint density at radius 1 is 1.03 bits per heavy atom. The highest BCUT2D eigenvalue weighted by molar-refractivity contribution is 7.80. The molecule has 1 aromatic heterocycles. The number of benzene rings is 1. The molecule has 5 rings (SSSR count). The molecule has 1 aliphatic carbocycles. The van der Waals surface area contributed by atoms with Crippen LogP contribution < -0.4 is 20.4 Å². The second-order valence-corrected chi connectivity index (χ2v) is 11.3. The average Bonchev–Trinajstić information content (AvgIpc) is 3.56. The van der Waals surface area contributed by atoms with E-state index in [1.807, 2.05) is 6.07 Å². The molecular weight excluding hydrogens is 476 g/mol. The third-order valence-corrected chi connectivity index (χ3v) is 8.52. The van der Waals surface area contributed by atoms with Crippen LogP contribution in [0.2, 0.25) is 5.02 Å². The molecule has 1 atom stereocenters. The largest absolute Gasteiger partial charge is 0.361 e. The summed E-state index contributed by atoms with van der Waals surface area (Å²) in [7, 11) is 0. The average molecular weight is 513 g/mol. The second-order valence-electron chi connectivity index (χ2n) is 10.4. The predicted molar refractivity (Wildman–Crippen MR) is 150 cm³/mol. The Labute approximate surface area is 219 Å². The van der Waals surface area contributed by atoms with E-state index in [0.717, 1.165) is 55.7 Å². The van der Waals surface area contributed by atoms with Crippen LogP contribution in [0.3, 0.4) is 0 Å². The molecular formula is C27H37ClN6S. The van der Waals surface area contributed by atoms with E-state index in [9.17, 15) is 0 Å². The Hall–Kier alpha value is -2.12. The fourth-order valence-corrected chi connectivity index (χ4v) is 6.36. The zero-order chi connectivity index (χ0) is 24.3. The molecule has 3 aliphatic rings. The number of piperidine rings is 1. The molecule has 8 heteroatoms. The number of nitrogens with one attached hydrogen (secondary N) is 2. The molecule has 2 aliphatic heterocycles. The van der Waals surface area contributed by atoms with Crippen molar-refractivity contribution in [1.29, 1.82) is 0 Å². The van der Waals surface area contributed by atoms with E-state index in [4.69, 9.17) is 33.8 Å². The minimum atomic E-state index is 0.0588. The molecule has 0 spiro atoms. The van der Waals surface area contributed by atoms with Crippen LogP contribution in [0.15, 0.2) is 30.3 Å². The third-order valence-electron chi connectivity index (χ3n) is 8.04. The maximum Gasteiger partial charge on any atom is 0.232 e. The fraction of sp³-hybridized carbons (Fsp3) is 0.593. The lowest BCUT2D eigenvalue weighted by molar-refractivity contribution is 0.435. The van der Waals surface area contributed by atoms with Crippen LogP contribution in [0.4, 0.5) is 17.6 Å². The van der Waals surface area contributed by atoms with Gasteiger partial charge in [0, 0.05) is 48.7 Å². The number of anilines is 3. The topological polar surface area (TPSA) is 56.3 Å². The molecule has 188 valence electrons. The Kier molecular flexibility index (Phi) is 7.63.